The quantitative estimate of drug-likeness (QED) is 0.830. The van der Waals surface area contributed by atoms with Crippen LogP contribution in [0.3, 0.4) is 0 Å². The lowest BCUT2D eigenvalue weighted by Gasteiger charge is -2.28. The number of methoxy groups -OCH3 is 1. The second-order valence-corrected chi connectivity index (χ2v) is 5.74. The first-order chi connectivity index (χ1) is 9.74. The van der Waals surface area contributed by atoms with Gasteiger partial charge in [0.2, 0.25) is 0 Å². The minimum absolute atomic E-state index is 0.188. The Morgan fingerprint density at radius 1 is 1.30 bits per heavy atom. The SMILES string of the molecule is CCNC(CC1CCCCC1)c1cc(F)ccc1OC. The van der Waals surface area contributed by atoms with E-state index in [1.807, 2.05) is 0 Å². The zero-order valence-corrected chi connectivity index (χ0v) is 12.6. The number of ether oxygens (including phenoxy) is 1. The zero-order chi connectivity index (χ0) is 14.4. The first kappa shape index (κ1) is 15.3. The van der Waals surface area contributed by atoms with Crippen LogP contribution in [0.25, 0.3) is 0 Å². The number of nitrogens with one attached hydrogen (secondary N) is 1. The smallest absolute Gasteiger partial charge is 0.123 e. The van der Waals surface area contributed by atoms with Crippen LogP contribution in [0.1, 0.15) is 57.1 Å². The largest absolute Gasteiger partial charge is 0.496 e. The fourth-order valence-electron chi connectivity index (χ4n) is 3.30. The van der Waals surface area contributed by atoms with Gasteiger partial charge in [0.25, 0.3) is 0 Å². The predicted octanol–water partition coefficient (Wildman–Crippen LogP) is 4.46. The third-order valence-corrected chi connectivity index (χ3v) is 4.31. The van der Waals surface area contributed by atoms with Gasteiger partial charge in [0, 0.05) is 11.6 Å². The topological polar surface area (TPSA) is 21.3 Å². The van der Waals surface area contributed by atoms with Crippen molar-refractivity contribution in [1.82, 2.24) is 5.32 Å². The van der Waals surface area contributed by atoms with E-state index >= 15 is 0 Å². The number of hydrogen-bond acceptors (Lipinski definition) is 2. The molecule has 20 heavy (non-hydrogen) atoms. The van der Waals surface area contributed by atoms with E-state index in [1.54, 1.807) is 19.2 Å². The van der Waals surface area contributed by atoms with Gasteiger partial charge in [-0.2, -0.15) is 0 Å². The monoisotopic (exact) mass is 279 g/mol. The summed E-state index contributed by atoms with van der Waals surface area (Å²) in [4.78, 5) is 0. The van der Waals surface area contributed by atoms with Gasteiger partial charge in [0.1, 0.15) is 11.6 Å². The molecule has 0 heterocycles. The van der Waals surface area contributed by atoms with E-state index < -0.39 is 0 Å². The van der Waals surface area contributed by atoms with Gasteiger partial charge in [0.15, 0.2) is 0 Å². The van der Waals surface area contributed by atoms with Gasteiger partial charge < -0.3 is 10.1 Å². The van der Waals surface area contributed by atoms with Crippen LogP contribution < -0.4 is 10.1 Å². The summed E-state index contributed by atoms with van der Waals surface area (Å²) in [5.74, 6) is 1.35. The molecule has 0 bridgehead atoms. The Morgan fingerprint density at radius 2 is 2.05 bits per heavy atom. The molecule has 3 heteroatoms. The molecule has 1 unspecified atom stereocenters. The number of benzene rings is 1. The minimum atomic E-state index is -0.188. The van der Waals surface area contributed by atoms with Crippen LogP contribution in [-0.4, -0.2) is 13.7 Å². The van der Waals surface area contributed by atoms with Gasteiger partial charge in [0.05, 0.1) is 7.11 Å². The van der Waals surface area contributed by atoms with Crippen molar-refractivity contribution in [3.05, 3.63) is 29.6 Å². The Labute approximate surface area is 121 Å². The summed E-state index contributed by atoms with van der Waals surface area (Å²) in [6, 6.07) is 5.00. The Morgan fingerprint density at radius 3 is 2.70 bits per heavy atom. The zero-order valence-electron chi connectivity index (χ0n) is 12.6. The molecule has 0 spiro atoms. The molecular formula is C17H26FNO. The second-order valence-electron chi connectivity index (χ2n) is 5.74. The van der Waals surface area contributed by atoms with Gasteiger partial charge in [-0.1, -0.05) is 39.0 Å². The average molecular weight is 279 g/mol. The summed E-state index contributed by atoms with van der Waals surface area (Å²) in [5.41, 5.74) is 0.958. The first-order valence-electron chi connectivity index (χ1n) is 7.81. The molecule has 1 aromatic carbocycles. The molecule has 1 aromatic rings. The highest BCUT2D eigenvalue weighted by Gasteiger charge is 2.22. The van der Waals surface area contributed by atoms with Gasteiger partial charge in [-0.15, -0.1) is 0 Å². The van der Waals surface area contributed by atoms with Crippen LogP contribution in [0.4, 0.5) is 4.39 Å². The number of halogens is 1. The first-order valence-corrected chi connectivity index (χ1v) is 7.81. The van der Waals surface area contributed by atoms with Crippen LogP contribution in [-0.2, 0) is 0 Å². The molecule has 1 N–H and O–H groups in total. The van der Waals surface area contributed by atoms with Crippen LogP contribution in [0, 0.1) is 11.7 Å². The Kier molecular flexibility index (Phi) is 5.84. The van der Waals surface area contributed by atoms with E-state index in [1.165, 1.54) is 38.2 Å². The molecule has 1 atom stereocenters. The van der Waals surface area contributed by atoms with E-state index in [0.29, 0.717) is 0 Å². The van der Waals surface area contributed by atoms with Crippen molar-refractivity contribution in [3.8, 4) is 5.75 Å². The lowest BCUT2D eigenvalue weighted by molar-refractivity contribution is 0.296. The summed E-state index contributed by atoms with van der Waals surface area (Å²) in [5, 5.41) is 3.50. The van der Waals surface area contributed by atoms with E-state index in [9.17, 15) is 4.39 Å². The van der Waals surface area contributed by atoms with Crippen molar-refractivity contribution >= 4 is 0 Å². The normalized spacial score (nSPS) is 17.9. The third-order valence-electron chi connectivity index (χ3n) is 4.31. The average Bonchev–Trinajstić information content (AvgIpc) is 2.48. The Bertz CT molecular complexity index is 415. The van der Waals surface area contributed by atoms with Crippen molar-refractivity contribution in [2.45, 2.75) is 51.5 Å². The summed E-state index contributed by atoms with van der Waals surface area (Å²) in [6.07, 6.45) is 7.73. The van der Waals surface area contributed by atoms with Crippen molar-refractivity contribution in [1.29, 1.82) is 0 Å². The van der Waals surface area contributed by atoms with Crippen LogP contribution in [0.5, 0.6) is 5.75 Å². The third kappa shape index (κ3) is 3.95. The number of rotatable bonds is 6. The molecule has 1 aliphatic carbocycles. The molecule has 1 saturated carbocycles. The van der Waals surface area contributed by atoms with Gasteiger partial charge in [-0.25, -0.2) is 4.39 Å². The predicted molar refractivity (Wildman–Crippen MR) is 80.6 cm³/mol. The molecule has 2 rings (SSSR count). The van der Waals surface area contributed by atoms with Crippen LogP contribution >= 0.6 is 0 Å². The lowest BCUT2D eigenvalue weighted by atomic mass is 9.83. The van der Waals surface area contributed by atoms with Crippen molar-refractivity contribution in [2.24, 2.45) is 5.92 Å². The Balaban J connectivity index is 2.16. The highest BCUT2D eigenvalue weighted by atomic mass is 19.1. The standard InChI is InChI=1S/C17H26FNO/c1-3-19-16(11-13-7-5-4-6-8-13)15-12-14(18)9-10-17(15)20-2/h9-10,12-13,16,19H,3-8,11H2,1-2H3. The molecule has 0 saturated heterocycles. The van der Waals surface area contributed by atoms with E-state index in [4.69, 9.17) is 4.74 Å². The maximum atomic E-state index is 13.6. The fraction of sp³-hybridized carbons (Fsp3) is 0.647. The fourth-order valence-corrected chi connectivity index (χ4v) is 3.30. The molecule has 0 amide bonds. The minimum Gasteiger partial charge on any atom is -0.496 e. The van der Waals surface area contributed by atoms with Gasteiger partial charge in [-0.05, 0) is 37.1 Å². The van der Waals surface area contributed by atoms with Gasteiger partial charge in [-0.3, -0.25) is 0 Å². The molecule has 0 aliphatic heterocycles. The summed E-state index contributed by atoms with van der Waals surface area (Å²) < 4.78 is 19.0. The highest BCUT2D eigenvalue weighted by molar-refractivity contribution is 5.36. The lowest BCUT2D eigenvalue weighted by Crippen LogP contribution is -2.25. The summed E-state index contributed by atoms with van der Waals surface area (Å²) >= 11 is 0. The summed E-state index contributed by atoms with van der Waals surface area (Å²) in [7, 11) is 1.65. The van der Waals surface area contributed by atoms with Crippen molar-refractivity contribution in [3.63, 3.8) is 0 Å². The van der Waals surface area contributed by atoms with Crippen LogP contribution in [0.2, 0.25) is 0 Å². The van der Waals surface area contributed by atoms with E-state index in [-0.39, 0.29) is 11.9 Å². The molecule has 0 aromatic heterocycles. The van der Waals surface area contributed by atoms with Crippen molar-refractivity contribution in [2.75, 3.05) is 13.7 Å². The maximum absolute atomic E-state index is 13.6. The van der Waals surface area contributed by atoms with Gasteiger partial charge >= 0.3 is 0 Å². The second kappa shape index (κ2) is 7.63. The van der Waals surface area contributed by atoms with Crippen molar-refractivity contribution < 1.29 is 9.13 Å². The molecule has 1 fully saturated rings. The highest BCUT2D eigenvalue weighted by Crippen LogP contribution is 2.35. The number of hydrogen-bond donors (Lipinski definition) is 1. The molecule has 1 aliphatic rings. The van der Waals surface area contributed by atoms with E-state index in [0.717, 1.165) is 30.2 Å². The molecule has 2 nitrogen and oxygen atoms in total. The van der Waals surface area contributed by atoms with Crippen LogP contribution in [0.15, 0.2) is 18.2 Å². The molecular weight excluding hydrogens is 253 g/mol. The maximum Gasteiger partial charge on any atom is 0.123 e. The Hall–Kier alpha value is -1.09. The summed E-state index contributed by atoms with van der Waals surface area (Å²) in [6.45, 7) is 2.98. The van der Waals surface area contributed by atoms with E-state index in [2.05, 4.69) is 12.2 Å². The molecule has 0 radical (unpaired) electrons. The molecule has 112 valence electrons.